The Bertz CT molecular complexity index is 622. The number of hydrogen-bond donors (Lipinski definition) is 0. The number of rotatable bonds is 4. The van der Waals surface area contributed by atoms with Crippen LogP contribution in [0, 0.1) is 0 Å². The normalized spacial score (nSPS) is 15.1. The summed E-state index contributed by atoms with van der Waals surface area (Å²) in [7, 11) is 0. The number of para-hydroxylation sites is 1. The maximum absolute atomic E-state index is 12.8. The summed E-state index contributed by atoms with van der Waals surface area (Å²) < 4.78 is 0. The molecule has 0 radical (unpaired) electrons. The zero-order chi connectivity index (χ0) is 13.9. The molecule has 0 aliphatic heterocycles. The van der Waals surface area contributed by atoms with Crippen LogP contribution in [-0.2, 0) is 0 Å². The fourth-order valence-corrected chi connectivity index (χ4v) is 2.74. The van der Waals surface area contributed by atoms with Gasteiger partial charge in [-0.2, -0.15) is 0 Å². The number of alkyl halides is 1. The van der Waals surface area contributed by atoms with Crippen molar-refractivity contribution in [2.75, 3.05) is 12.4 Å². The van der Waals surface area contributed by atoms with Gasteiger partial charge < -0.3 is 4.90 Å². The van der Waals surface area contributed by atoms with Gasteiger partial charge in [-0.3, -0.25) is 14.8 Å². The van der Waals surface area contributed by atoms with Crippen molar-refractivity contribution in [3.05, 3.63) is 36.2 Å². The van der Waals surface area contributed by atoms with E-state index < -0.39 is 0 Å². The van der Waals surface area contributed by atoms with Crippen molar-refractivity contribution < 1.29 is 4.79 Å². The first-order valence-corrected chi connectivity index (χ1v) is 7.41. The largest absolute Gasteiger partial charge is 0.334 e. The second kappa shape index (κ2) is 5.75. The second-order valence-electron chi connectivity index (χ2n) is 5.00. The molecule has 0 bridgehead atoms. The van der Waals surface area contributed by atoms with E-state index in [9.17, 15) is 4.79 Å². The van der Waals surface area contributed by atoms with Gasteiger partial charge in [-0.05, 0) is 31.4 Å². The van der Waals surface area contributed by atoms with Crippen LogP contribution in [0.3, 0.4) is 0 Å². The van der Waals surface area contributed by atoms with Gasteiger partial charge in [0.15, 0.2) is 0 Å². The molecule has 1 fully saturated rings. The van der Waals surface area contributed by atoms with Gasteiger partial charge in [-0.25, -0.2) is 0 Å². The topological polar surface area (TPSA) is 46.1 Å². The van der Waals surface area contributed by atoms with Crippen LogP contribution in [0.15, 0.2) is 30.6 Å². The molecule has 0 spiro atoms. The Balaban J connectivity index is 1.98. The second-order valence-corrected chi connectivity index (χ2v) is 5.38. The number of amides is 1. The predicted octanol–water partition coefficient (Wildman–Crippen LogP) is 2.86. The zero-order valence-electron chi connectivity index (χ0n) is 11.1. The molecular weight excluding hydrogens is 274 g/mol. The number of halogens is 1. The maximum atomic E-state index is 12.8. The highest BCUT2D eigenvalue weighted by molar-refractivity contribution is 6.18. The highest BCUT2D eigenvalue weighted by Crippen LogP contribution is 2.27. The standard InChI is InChI=1S/C15H16ClN3O/c16-7-10-19(11-3-1-4-11)15(20)12-5-2-6-13-14(12)18-9-8-17-13/h2,5-6,8-9,11H,1,3-4,7,10H2. The molecule has 104 valence electrons. The minimum Gasteiger partial charge on any atom is -0.334 e. The highest BCUT2D eigenvalue weighted by Gasteiger charge is 2.29. The predicted molar refractivity (Wildman–Crippen MR) is 78.9 cm³/mol. The Morgan fingerprint density at radius 1 is 1.30 bits per heavy atom. The van der Waals surface area contributed by atoms with Gasteiger partial charge in [-0.1, -0.05) is 6.07 Å². The lowest BCUT2D eigenvalue weighted by atomic mass is 9.91. The van der Waals surface area contributed by atoms with Gasteiger partial charge in [0.2, 0.25) is 0 Å². The van der Waals surface area contributed by atoms with Crippen molar-refractivity contribution >= 4 is 28.5 Å². The van der Waals surface area contributed by atoms with E-state index in [4.69, 9.17) is 11.6 Å². The molecule has 1 aliphatic rings. The molecule has 0 saturated heterocycles. The minimum absolute atomic E-state index is 0.0152. The van der Waals surface area contributed by atoms with Crippen LogP contribution in [0.5, 0.6) is 0 Å². The lowest BCUT2D eigenvalue weighted by Crippen LogP contribution is -2.45. The van der Waals surface area contributed by atoms with Crippen LogP contribution in [0.25, 0.3) is 11.0 Å². The molecule has 1 aromatic carbocycles. The summed E-state index contributed by atoms with van der Waals surface area (Å²) in [6.07, 6.45) is 6.58. The average Bonchev–Trinajstić information content (AvgIpc) is 2.43. The molecule has 5 heteroatoms. The lowest BCUT2D eigenvalue weighted by Gasteiger charge is -2.37. The van der Waals surface area contributed by atoms with Crippen molar-refractivity contribution in [1.29, 1.82) is 0 Å². The number of fused-ring (bicyclic) bond motifs is 1. The van der Waals surface area contributed by atoms with Gasteiger partial charge in [-0.15, -0.1) is 11.6 Å². The summed E-state index contributed by atoms with van der Waals surface area (Å²) in [6.45, 7) is 0.585. The van der Waals surface area contributed by atoms with Crippen molar-refractivity contribution in [2.24, 2.45) is 0 Å². The Labute approximate surface area is 122 Å². The number of aromatic nitrogens is 2. The Morgan fingerprint density at radius 3 is 2.80 bits per heavy atom. The van der Waals surface area contributed by atoms with Crippen LogP contribution in [0.4, 0.5) is 0 Å². The molecule has 0 unspecified atom stereocenters. The third kappa shape index (κ3) is 2.36. The van der Waals surface area contributed by atoms with Crippen LogP contribution >= 0.6 is 11.6 Å². The molecule has 0 N–H and O–H groups in total. The van der Waals surface area contributed by atoms with Crippen molar-refractivity contribution in [1.82, 2.24) is 14.9 Å². The molecule has 1 saturated carbocycles. The molecule has 4 nitrogen and oxygen atoms in total. The first-order valence-electron chi connectivity index (χ1n) is 6.88. The molecule has 1 aliphatic carbocycles. The Kier molecular flexibility index (Phi) is 3.83. The quantitative estimate of drug-likeness (QED) is 0.813. The summed E-state index contributed by atoms with van der Waals surface area (Å²) in [5, 5.41) is 0. The molecular formula is C15H16ClN3O. The molecule has 1 aromatic heterocycles. The lowest BCUT2D eigenvalue weighted by molar-refractivity contribution is 0.0600. The van der Waals surface area contributed by atoms with Gasteiger partial charge in [0.05, 0.1) is 11.1 Å². The zero-order valence-corrected chi connectivity index (χ0v) is 11.9. The monoisotopic (exact) mass is 289 g/mol. The van der Waals surface area contributed by atoms with E-state index in [1.165, 1.54) is 6.42 Å². The van der Waals surface area contributed by atoms with Crippen LogP contribution in [0.2, 0.25) is 0 Å². The summed E-state index contributed by atoms with van der Waals surface area (Å²) >= 11 is 5.85. The molecule has 2 aromatic rings. The summed E-state index contributed by atoms with van der Waals surface area (Å²) in [5.74, 6) is 0.472. The fraction of sp³-hybridized carbons (Fsp3) is 0.400. The van der Waals surface area contributed by atoms with E-state index in [1.54, 1.807) is 12.4 Å². The van der Waals surface area contributed by atoms with Gasteiger partial charge in [0.25, 0.3) is 5.91 Å². The van der Waals surface area contributed by atoms with E-state index in [2.05, 4.69) is 9.97 Å². The summed E-state index contributed by atoms with van der Waals surface area (Å²) in [4.78, 5) is 23.2. The molecule has 0 atom stereocenters. The van der Waals surface area contributed by atoms with E-state index in [0.717, 1.165) is 18.4 Å². The van der Waals surface area contributed by atoms with E-state index in [1.807, 2.05) is 23.1 Å². The van der Waals surface area contributed by atoms with E-state index in [-0.39, 0.29) is 5.91 Å². The van der Waals surface area contributed by atoms with E-state index in [0.29, 0.717) is 29.5 Å². The number of carbonyl (C=O) groups is 1. The average molecular weight is 290 g/mol. The Hall–Kier alpha value is -1.68. The number of benzene rings is 1. The fourth-order valence-electron chi connectivity index (χ4n) is 2.56. The first kappa shape index (κ1) is 13.3. The molecule has 3 rings (SSSR count). The smallest absolute Gasteiger partial charge is 0.256 e. The van der Waals surface area contributed by atoms with Gasteiger partial charge in [0, 0.05) is 30.9 Å². The van der Waals surface area contributed by atoms with Crippen molar-refractivity contribution in [2.45, 2.75) is 25.3 Å². The van der Waals surface area contributed by atoms with Gasteiger partial charge >= 0.3 is 0 Å². The highest BCUT2D eigenvalue weighted by atomic mass is 35.5. The molecule has 20 heavy (non-hydrogen) atoms. The van der Waals surface area contributed by atoms with Crippen LogP contribution < -0.4 is 0 Å². The Morgan fingerprint density at radius 2 is 2.10 bits per heavy atom. The minimum atomic E-state index is 0.0152. The number of hydrogen-bond acceptors (Lipinski definition) is 3. The molecule has 1 heterocycles. The third-order valence-electron chi connectivity index (χ3n) is 3.83. The van der Waals surface area contributed by atoms with Gasteiger partial charge in [0.1, 0.15) is 5.52 Å². The summed E-state index contributed by atoms with van der Waals surface area (Å²) in [5.41, 5.74) is 2.03. The van der Waals surface area contributed by atoms with Crippen LogP contribution in [-0.4, -0.2) is 39.2 Å². The maximum Gasteiger partial charge on any atom is 0.256 e. The van der Waals surface area contributed by atoms with Crippen molar-refractivity contribution in [3.8, 4) is 0 Å². The number of carbonyl (C=O) groups excluding carboxylic acids is 1. The third-order valence-corrected chi connectivity index (χ3v) is 4.00. The SMILES string of the molecule is O=C(c1cccc2nccnc12)N(CCCl)C1CCC1. The van der Waals surface area contributed by atoms with Crippen molar-refractivity contribution in [3.63, 3.8) is 0 Å². The van der Waals surface area contributed by atoms with E-state index >= 15 is 0 Å². The number of nitrogens with zero attached hydrogens (tertiary/aromatic N) is 3. The first-order chi connectivity index (χ1) is 9.81. The van der Waals surface area contributed by atoms with Crippen LogP contribution in [0.1, 0.15) is 29.6 Å². The molecule has 1 amide bonds. The summed E-state index contributed by atoms with van der Waals surface area (Å²) in [6, 6.07) is 5.87.